The molecule has 5 heteroatoms. The topological polar surface area (TPSA) is 12.5 Å². The van der Waals surface area contributed by atoms with Crippen molar-refractivity contribution >= 4 is 0 Å². The van der Waals surface area contributed by atoms with Gasteiger partial charge in [-0.3, -0.25) is 4.90 Å². The Morgan fingerprint density at radius 2 is 1.73 bits per heavy atom. The summed E-state index contributed by atoms with van der Waals surface area (Å²) in [5.74, 6) is 0.546. The van der Waals surface area contributed by atoms with Crippen LogP contribution in [0.2, 0.25) is 0 Å². The van der Waals surface area contributed by atoms with Crippen LogP contribution in [0.3, 0.4) is 0 Å². The lowest BCUT2D eigenvalue weighted by atomic mass is 10.1. The van der Waals surface area contributed by atoms with E-state index in [0.717, 1.165) is 50.2 Å². The summed E-state index contributed by atoms with van der Waals surface area (Å²) in [5, 5.41) is 0. The summed E-state index contributed by atoms with van der Waals surface area (Å²) in [4.78, 5) is 2.28. The van der Waals surface area contributed by atoms with Crippen molar-refractivity contribution in [2.75, 3.05) is 19.7 Å². The Labute approximate surface area is 130 Å². The number of halogens is 3. The number of hydrogen-bond acceptors (Lipinski definition) is 2. The smallest absolute Gasteiger partial charge is 0.378 e. The van der Waals surface area contributed by atoms with Crippen LogP contribution >= 0.6 is 0 Å². The maximum absolute atomic E-state index is 12.5. The van der Waals surface area contributed by atoms with Gasteiger partial charge in [0.05, 0.1) is 11.7 Å². The molecule has 1 saturated heterocycles. The number of ether oxygens (including phenoxy) is 1. The highest BCUT2D eigenvalue weighted by Crippen LogP contribution is 2.29. The van der Waals surface area contributed by atoms with Gasteiger partial charge >= 0.3 is 6.18 Å². The summed E-state index contributed by atoms with van der Waals surface area (Å²) in [6.07, 6.45) is -1.95. The summed E-state index contributed by atoms with van der Waals surface area (Å²) >= 11 is 0. The third kappa shape index (κ3) is 5.29. The molecule has 0 atom stereocenters. The SMILES string of the molecule is CC(C)COC1CCN(Cc2ccc(C(F)(F)F)cc2)CC1. The second-order valence-electron chi connectivity index (χ2n) is 6.40. The average Bonchev–Trinajstić information content (AvgIpc) is 2.46. The molecule has 2 rings (SSSR count). The predicted molar refractivity (Wildman–Crippen MR) is 80.5 cm³/mol. The van der Waals surface area contributed by atoms with Crippen molar-refractivity contribution in [1.29, 1.82) is 0 Å². The molecule has 1 aromatic carbocycles. The van der Waals surface area contributed by atoms with E-state index < -0.39 is 11.7 Å². The molecule has 1 fully saturated rings. The number of rotatable bonds is 5. The van der Waals surface area contributed by atoms with Gasteiger partial charge in [-0.05, 0) is 36.5 Å². The van der Waals surface area contributed by atoms with Gasteiger partial charge in [-0.25, -0.2) is 0 Å². The molecular formula is C17H24F3NO. The second-order valence-corrected chi connectivity index (χ2v) is 6.40. The van der Waals surface area contributed by atoms with E-state index in [1.165, 1.54) is 0 Å². The van der Waals surface area contributed by atoms with Crippen LogP contribution in [0.5, 0.6) is 0 Å². The zero-order valence-corrected chi connectivity index (χ0v) is 13.2. The number of piperidine rings is 1. The Bertz CT molecular complexity index is 448. The molecule has 124 valence electrons. The van der Waals surface area contributed by atoms with Crippen LogP contribution in [-0.2, 0) is 17.5 Å². The first-order chi connectivity index (χ1) is 10.3. The quantitative estimate of drug-likeness (QED) is 0.801. The third-order valence-electron chi connectivity index (χ3n) is 3.89. The predicted octanol–water partition coefficient (Wildman–Crippen LogP) is 4.34. The zero-order chi connectivity index (χ0) is 16.2. The van der Waals surface area contributed by atoms with Crippen molar-refractivity contribution in [3.63, 3.8) is 0 Å². The molecular weight excluding hydrogens is 291 g/mol. The summed E-state index contributed by atoms with van der Waals surface area (Å²) in [6, 6.07) is 5.47. The van der Waals surface area contributed by atoms with Crippen LogP contribution < -0.4 is 0 Å². The molecule has 0 amide bonds. The van der Waals surface area contributed by atoms with E-state index in [1.807, 2.05) is 0 Å². The molecule has 0 N–H and O–H groups in total. The molecule has 1 heterocycles. The van der Waals surface area contributed by atoms with Crippen molar-refractivity contribution in [1.82, 2.24) is 4.90 Å². The molecule has 0 spiro atoms. The fraction of sp³-hybridized carbons (Fsp3) is 0.647. The van der Waals surface area contributed by atoms with Crippen LogP contribution in [-0.4, -0.2) is 30.7 Å². The molecule has 0 radical (unpaired) electrons. The van der Waals surface area contributed by atoms with Crippen molar-refractivity contribution in [3.8, 4) is 0 Å². The Hall–Kier alpha value is -1.07. The summed E-state index contributed by atoms with van der Waals surface area (Å²) < 4.78 is 43.4. The minimum absolute atomic E-state index is 0.325. The number of benzene rings is 1. The Morgan fingerprint density at radius 3 is 2.23 bits per heavy atom. The van der Waals surface area contributed by atoms with E-state index in [1.54, 1.807) is 12.1 Å². The largest absolute Gasteiger partial charge is 0.416 e. The van der Waals surface area contributed by atoms with E-state index in [4.69, 9.17) is 4.74 Å². The standard InChI is InChI=1S/C17H24F3NO/c1-13(2)12-22-16-7-9-21(10-8-16)11-14-3-5-15(6-4-14)17(18,19)20/h3-6,13,16H,7-12H2,1-2H3. The second kappa shape index (κ2) is 7.47. The van der Waals surface area contributed by atoms with Gasteiger partial charge in [-0.1, -0.05) is 26.0 Å². The molecule has 0 aliphatic carbocycles. The van der Waals surface area contributed by atoms with Gasteiger partial charge < -0.3 is 4.74 Å². The minimum Gasteiger partial charge on any atom is -0.378 e. The fourth-order valence-electron chi connectivity index (χ4n) is 2.62. The van der Waals surface area contributed by atoms with Gasteiger partial charge in [0.1, 0.15) is 0 Å². The highest BCUT2D eigenvalue weighted by Gasteiger charge is 2.30. The molecule has 2 nitrogen and oxygen atoms in total. The van der Waals surface area contributed by atoms with Gasteiger partial charge in [0.25, 0.3) is 0 Å². The first-order valence-electron chi connectivity index (χ1n) is 7.84. The first-order valence-corrected chi connectivity index (χ1v) is 7.84. The third-order valence-corrected chi connectivity index (χ3v) is 3.89. The lowest BCUT2D eigenvalue weighted by molar-refractivity contribution is -0.137. The zero-order valence-electron chi connectivity index (χ0n) is 13.2. The average molecular weight is 315 g/mol. The molecule has 0 aromatic heterocycles. The fourth-order valence-corrected chi connectivity index (χ4v) is 2.62. The lowest BCUT2D eigenvalue weighted by Gasteiger charge is -2.32. The maximum atomic E-state index is 12.5. The molecule has 1 aliphatic rings. The van der Waals surface area contributed by atoms with Crippen molar-refractivity contribution in [3.05, 3.63) is 35.4 Å². The maximum Gasteiger partial charge on any atom is 0.416 e. The van der Waals surface area contributed by atoms with Crippen molar-refractivity contribution < 1.29 is 17.9 Å². The van der Waals surface area contributed by atoms with Crippen LogP contribution in [0, 0.1) is 5.92 Å². The van der Waals surface area contributed by atoms with E-state index >= 15 is 0 Å². The van der Waals surface area contributed by atoms with Gasteiger partial charge in [0.2, 0.25) is 0 Å². The number of likely N-dealkylation sites (tertiary alicyclic amines) is 1. The Morgan fingerprint density at radius 1 is 1.14 bits per heavy atom. The molecule has 0 unspecified atom stereocenters. The van der Waals surface area contributed by atoms with Gasteiger partial charge in [-0.2, -0.15) is 13.2 Å². The monoisotopic (exact) mass is 315 g/mol. The van der Waals surface area contributed by atoms with Crippen LogP contribution in [0.25, 0.3) is 0 Å². The lowest BCUT2D eigenvalue weighted by Crippen LogP contribution is -2.37. The normalized spacial score (nSPS) is 18.1. The molecule has 0 saturated carbocycles. The number of nitrogens with zero attached hydrogens (tertiary/aromatic N) is 1. The van der Waals surface area contributed by atoms with Crippen molar-refractivity contribution in [2.45, 2.75) is 45.5 Å². The van der Waals surface area contributed by atoms with Crippen LogP contribution in [0.4, 0.5) is 13.2 Å². The van der Waals surface area contributed by atoms with E-state index in [-0.39, 0.29) is 0 Å². The van der Waals surface area contributed by atoms with Crippen molar-refractivity contribution in [2.24, 2.45) is 5.92 Å². The molecule has 1 aromatic rings. The number of hydrogen-bond donors (Lipinski definition) is 0. The van der Waals surface area contributed by atoms with Crippen LogP contribution in [0.1, 0.15) is 37.8 Å². The Kier molecular flexibility index (Phi) is 5.87. The highest BCUT2D eigenvalue weighted by atomic mass is 19.4. The van der Waals surface area contributed by atoms with Gasteiger partial charge in [0, 0.05) is 26.2 Å². The van der Waals surface area contributed by atoms with E-state index in [0.29, 0.717) is 18.6 Å². The molecule has 1 aliphatic heterocycles. The van der Waals surface area contributed by atoms with Gasteiger partial charge in [-0.15, -0.1) is 0 Å². The summed E-state index contributed by atoms with van der Waals surface area (Å²) in [7, 11) is 0. The molecule has 22 heavy (non-hydrogen) atoms. The van der Waals surface area contributed by atoms with E-state index in [9.17, 15) is 13.2 Å². The minimum atomic E-state index is -4.26. The summed E-state index contributed by atoms with van der Waals surface area (Å²) in [5.41, 5.74) is 0.339. The van der Waals surface area contributed by atoms with E-state index in [2.05, 4.69) is 18.7 Å². The highest BCUT2D eigenvalue weighted by molar-refractivity contribution is 5.24. The van der Waals surface area contributed by atoms with Gasteiger partial charge in [0.15, 0.2) is 0 Å². The Balaban J connectivity index is 1.78. The summed E-state index contributed by atoms with van der Waals surface area (Å²) in [6.45, 7) is 7.64. The van der Waals surface area contributed by atoms with Crippen LogP contribution in [0.15, 0.2) is 24.3 Å². The molecule has 0 bridgehead atoms. The first kappa shape index (κ1) is 17.3. The number of alkyl halides is 3.